The lowest BCUT2D eigenvalue weighted by atomic mass is 10.0. The van der Waals surface area contributed by atoms with E-state index in [4.69, 9.17) is 0 Å². The van der Waals surface area contributed by atoms with E-state index >= 15 is 0 Å². The van der Waals surface area contributed by atoms with Crippen LogP contribution >= 0.6 is 0 Å². The van der Waals surface area contributed by atoms with E-state index in [1.165, 1.54) is 17.7 Å². The molecule has 1 N–H and O–H groups in total. The Morgan fingerprint density at radius 3 is 2.22 bits per heavy atom. The van der Waals surface area contributed by atoms with Crippen LogP contribution < -0.4 is 5.32 Å². The van der Waals surface area contributed by atoms with Crippen LogP contribution in [-0.4, -0.2) is 11.6 Å². The van der Waals surface area contributed by atoms with Gasteiger partial charge in [0.15, 0.2) is 0 Å². The third-order valence-corrected chi connectivity index (χ3v) is 2.93. The van der Waals surface area contributed by atoms with Crippen LogP contribution in [0.15, 0.2) is 47.7 Å². The van der Waals surface area contributed by atoms with Crippen molar-refractivity contribution in [3.8, 4) is 0 Å². The maximum Gasteiger partial charge on any atom is 0.227 e. The summed E-state index contributed by atoms with van der Waals surface area (Å²) in [5, 5.41) is 3.15. The molecule has 0 atom stereocenters. The first kappa shape index (κ1) is 12.3. The molecule has 0 fully saturated rings. The summed E-state index contributed by atoms with van der Waals surface area (Å²) < 4.78 is 0. The predicted octanol–water partition coefficient (Wildman–Crippen LogP) is 2.64. The van der Waals surface area contributed by atoms with E-state index in [1.54, 1.807) is 0 Å². The SMILES string of the molecule is CCc1ccc(NC2=CC(=O)C(=O)C=C2C)cc1. The van der Waals surface area contributed by atoms with E-state index in [2.05, 4.69) is 12.2 Å². The molecule has 0 saturated heterocycles. The smallest absolute Gasteiger partial charge is 0.227 e. The van der Waals surface area contributed by atoms with Gasteiger partial charge >= 0.3 is 0 Å². The zero-order chi connectivity index (χ0) is 13.1. The Morgan fingerprint density at radius 1 is 1.00 bits per heavy atom. The van der Waals surface area contributed by atoms with E-state index in [1.807, 2.05) is 31.2 Å². The molecule has 1 aromatic rings. The number of carbonyl (C=O) groups is 2. The molecule has 0 aromatic heterocycles. The number of aryl methyl sites for hydroxylation is 1. The topological polar surface area (TPSA) is 46.2 Å². The molecule has 0 saturated carbocycles. The van der Waals surface area contributed by atoms with Crippen molar-refractivity contribution >= 4 is 17.3 Å². The molecule has 1 aliphatic rings. The molecule has 0 unspecified atom stereocenters. The van der Waals surface area contributed by atoms with Crippen molar-refractivity contribution in [1.29, 1.82) is 0 Å². The van der Waals surface area contributed by atoms with Crippen molar-refractivity contribution in [1.82, 2.24) is 0 Å². The fraction of sp³-hybridized carbons (Fsp3) is 0.200. The monoisotopic (exact) mass is 241 g/mol. The molecule has 18 heavy (non-hydrogen) atoms. The highest BCUT2D eigenvalue weighted by Crippen LogP contribution is 2.19. The van der Waals surface area contributed by atoms with Gasteiger partial charge in [-0.05, 0) is 42.7 Å². The summed E-state index contributed by atoms with van der Waals surface area (Å²) >= 11 is 0. The number of ketones is 2. The van der Waals surface area contributed by atoms with Crippen LogP contribution in [0.4, 0.5) is 5.69 Å². The first-order chi connectivity index (χ1) is 8.60. The molecule has 1 aromatic carbocycles. The van der Waals surface area contributed by atoms with Crippen LogP contribution in [0.2, 0.25) is 0 Å². The second-order valence-electron chi connectivity index (χ2n) is 4.29. The lowest BCUT2D eigenvalue weighted by molar-refractivity contribution is -0.131. The van der Waals surface area contributed by atoms with Crippen molar-refractivity contribution < 1.29 is 9.59 Å². The van der Waals surface area contributed by atoms with E-state index < -0.39 is 11.6 Å². The van der Waals surface area contributed by atoms with E-state index in [0.29, 0.717) is 5.70 Å². The summed E-state index contributed by atoms with van der Waals surface area (Å²) in [6.07, 6.45) is 3.71. The number of carbonyl (C=O) groups excluding carboxylic acids is 2. The summed E-state index contributed by atoms with van der Waals surface area (Å²) in [5.41, 5.74) is 3.63. The number of allylic oxidation sites excluding steroid dienone is 3. The highest BCUT2D eigenvalue weighted by atomic mass is 16.2. The largest absolute Gasteiger partial charge is 0.355 e. The van der Waals surface area contributed by atoms with Gasteiger partial charge in [0, 0.05) is 17.5 Å². The highest BCUT2D eigenvalue weighted by Gasteiger charge is 2.17. The summed E-state index contributed by atoms with van der Waals surface area (Å²) in [4.78, 5) is 22.5. The average Bonchev–Trinajstić information content (AvgIpc) is 2.37. The number of anilines is 1. The zero-order valence-electron chi connectivity index (χ0n) is 10.5. The fourth-order valence-corrected chi connectivity index (χ4v) is 1.78. The quantitative estimate of drug-likeness (QED) is 0.653. The molecule has 0 bridgehead atoms. The van der Waals surface area contributed by atoms with E-state index in [0.717, 1.165) is 17.7 Å². The predicted molar refractivity (Wildman–Crippen MR) is 71.3 cm³/mol. The Hall–Kier alpha value is -2.16. The summed E-state index contributed by atoms with van der Waals surface area (Å²) in [5.74, 6) is -0.937. The standard InChI is InChI=1S/C15H15NO2/c1-3-11-4-6-12(7-5-11)16-13-9-15(18)14(17)8-10(13)2/h4-9,16H,3H2,1-2H3. The lowest BCUT2D eigenvalue weighted by Gasteiger charge is -2.14. The molecule has 0 heterocycles. The second kappa shape index (κ2) is 5.00. The Morgan fingerprint density at radius 2 is 1.61 bits per heavy atom. The van der Waals surface area contributed by atoms with Crippen molar-refractivity contribution in [2.45, 2.75) is 20.3 Å². The minimum atomic E-state index is -0.478. The van der Waals surface area contributed by atoms with E-state index in [9.17, 15) is 9.59 Å². The van der Waals surface area contributed by atoms with Gasteiger partial charge in [-0.25, -0.2) is 0 Å². The second-order valence-corrected chi connectivity index (χ2v) is 4.29. The minimum absolute atomic E-state index is 0.459. The zero-order valence-corrected chi connectivity index (χ0v) is 10.5. The summed E-state index contributed by atoms with van der Waals surface area (Å²) in [6.45, 7) is 3.91. The van der Waals surface area contributed by atoms with Crippen LogP contribution in [0.5, 0.6) is 0 Å². The molecule has 3 nitrogen and oxygen atoms in total. The average molecular weight is 241 g/mol. The number of nitrogens with one attached hydrogen (secondary N) is 1. The van der Waals surface area contributed by atoms with Gasteiger partial charge in [0.2, 0.25) is 11.6 Å². The maximum absolute atomic E-state index is 11.3. The molecule has 3 heteroatoms. The highest BCUT2D eigenvalue weighted by molar-refractivity contribution is 6.46. The van der Waals surface area contributed by atoms with Gasteiger partial charge in [-0.3, -0.25) is 9.59 Å². The number of hydrogen-bond donors (Lipinski definition) is 1. The molecule has 0 radical (unpaired) electrons. The van der Waals surface area contributed by atoms with Gasteiger partial charge in [0.05, 0.1) is 0 Å². The Bertz CT molecular complexity index is 550. The van der Waals surface area contributed by atoms with Gasteiger partial charge in [-0.15, -0.1) is 0 Å². The Labute approximate surface area is 106 Å². The molecular formula is C15H15NO2. The molecule has 1 aliphatic carbocycles. The van der Waals surface area contributed by atoms with Crippen molar-refractivity contribution in [2.75, 3.05) is 5.32 Å². The third-order valence-electron chi connectivity index (χ3n) is 2.93. The summed E-state index contributed by atoms with van der Waals surface area (Å²) in [6, 6.07) is 8.01. The molecule has 2 rings (SSSR count). The first-order valence-corrected chi connectivity index (χ1v) is 5.94. The van der Waals surface area contributed by atoms with Gasteiger partial charge < -0.3 is 5.32 Å². The lowest BCUT2D eigenvalue weighted by Crippen LogP contribution is -2.17. The van der Waals surface area contributed by atoms with Gasteiger partial charge in [-0.1, -0.05) is 19.1 Å². The molecule has 0 spiro atoms. The molecule has 0 amide bonds. The Balaban J connectivity index is 2.18. The number of benzene rings is 1. The van der Waals surface area contributed by atoms with Crippen LogP contribution in [-0.2, 0) is 16.0 Å². The third kappa shape index (κ3) is 2.56. The van der Waals surface area contributed by atoms with Crippen LogP contribution in [0.3, 0.4) is 0 Å². The van der Waals surface area contributed by atoms with Crippen molar-refractivity contribution in [3.05, 3.63) is 53.3 Å². The van der Waals surface area contributed by atoms with Crippen LogP contribution in [0.1, 0.15) is 19.4 Å². The van der Waals surface area contributed by atoms with Gasteiger partial charge in [0.25, 0.3) is 0 Å². The molecule has 92 valence electrons. The number of hydrogen-bond acceptors (Lipinski definition) is 3. The van der Waals surface area contributed by atoms with Gasteiger partial charge in [-0.2, -0.15) is 0 Å². The van der Waals surface area contributed by atoms with Crippen LogP contribution in [0.25, 0.3) is 0 Å². The Kier molecular flexibility index (Phi) is 3.42. The summed E-state index contributed by atoms with van der Waals surface area (Å²) in [7, 11) is 0. The van der Waals surface area contributed by atoms with Crippen molar-refractivity contribution in [3.63, 3.8) is 0 Å². The number of rotatable bonds is 3. The van der Waals surface area contributed by atoms with Crippen LogP contribution in [0, 0.1) is 0 Å². The minimum Gasteiger partial charge on any atom is -0.355 e. The normalized spacial score (nSPS) is 15.2. The molecular weight excluding hydrogens is 226 g/mol. The fourth-order valence-electron chi connectivity index (χ4n) is 1.78. The van der Waals surface area contributed by atoms with Gasteiger partial charge in [0.1, 0.15) is 0 Å². The van der Waals surface area contributed by atoms with Crippen molar-refractivity contribution in [2.24, 2.45) is 0 Å². The van der Waals surface area contributed by atoms with E-state index in [-0.39, 0.29) is 0 Å². The maximum atomic E-state index is 11.3. The molecule has 0 aliphatic heterocycles. The first-order valence-electron chi connectivity index (χ1n) is 5.94.